The fourth-order valence-electron chi connectivity index (χ4n) is 4.47. The highest BCUT2D eigenvalue weighted by molar-refractivity contribution is 6.50. The molecule has 0 fully saturated rings. The predicted molar refractivity (Wildman–Crippen MR) is 126 cm³/mol. The highest BCUT2D eigenvalue weighted by Crippen LogP contribution is 2.38. The molecule has 166 valence electrons. The third kappa shape index (κ3) is 3.41. The number of aromatic nitrogens is 2. The second-order valence-electron chi connectivity index (χ2n) is 8.12. The molecule has 0 aliphatic carbocycles. The van der Waals surface area contributed by atoms with Crippen molar-refractivity contribution in [3.8, 4) is 0 Å². The Bertz CT molecular complexity index is 1510. The number of H-pyrrole nitrogens is 1. The monoisotopic (exact) mass is 442 g/mol. The first-order valence-electron chi connectivity index (χ1n) is 10.4. The van der Waals surface area contributed by atoms with Gasteiger partial charge >= 0.3 is 0 Å². The topological polar surface area (TPSA) is 105 Å². The van der Waals surface area contributed by atoms with Crippen molar-refractivity contribution in [3.63, 3.8) is 0 Å². The number of ether oxygens (including phenoxy) is 1. The second kappa shape index (κ2) is 7.75. The summed E-state index contributed by atoms with van der Waals surface area (Å²) >= 11 is 0. The molecule has 2 aromatic carbocycles. The molecule has 2 aromatic heterocycles. The van der Waals surface area contributed by atoms with Crippen molar-refractivity contribution < 1.29 is 19.1 Å². The lowest BCUT2D eigenvalue weighted by molar-refractivity contribution is -0.123. The molecule has 0 saturated carbocycles. The number of anilines is 1. The molecule has 3 N–H and O–H groups in total. The van der Waals surface area contributed by atoms with Gasteiger partial charge in [0, 0.05) is 66.6 Å². The molecule has 3 heterocycles. The van der Waals surface area contributed by atoms with Gasteiger partial charge in [-0.15, -0.1) is 0 Å². The maximum absolute atomic E-state index is 12.9. The van der Waals surface area contributed by atoms with E-state index in [4.69, 9.17) is 4.74 Å². The van der Waals surface area contributed by atoms with Gasteiger partial charge in [-0.1, -0.05) is 18.2 Å². The number of fused-ring (bicyclic) bond motifs is 2. The van der Waals surface area contributed by atoms with E-state index in [9.17, 15) is 14.4 Å². The number of hydrogen-bond donors (Lipinski definition) is 3. The van der Waals surface area contributed by atoms with Gasteiger partial charge in [-0.2, -0.15) is 0 Å². The van der Waals surface area contributed by atoms with Gasteiger partial charge in [-0.25, -0.2) is 0 Å². The number of benzene rings is 2. The Morgan fingerprint density at radius 3 is 2.48 bits per heavy atom. The fraction of sp³-hybridized carbons (Fsp3) is 0.160. The lowest BCUT2D eigenvalue weighted by atomic mass is 9.95. The molecular weight excluding hydrogens is 420 g/mol. The van der Waals surface area contributed by atoms with E-state index in [0.717, 1.165) is 27.4 Å². The first-order valence-corrected chi connectivity index (χ1v) is 10.4. The number of rotatable bonds is 5. The summed E-state index contributed by atoms with van der Waals surface area (Å²) in [6.07, 6.45) is 3.59. The molecule has 4 aromatic rings. The zero-order valence-corrected chi connectivity index (χ0v) is 18.4. The van der Waals surface area contributed by atoms with Crippen LogP contribution in [0, 0.1) is 0 Å². The van der Waals surface area contributed by atoms with Crippen LogP contribution in [-0.4, -0.2) is 34.4 Å². The molecule has 0 spiro atoms. The summed E-state index contributed by atoms with van der Waals surface area (Å²) in [5, 5.41) is 6.89. The van der Waals surface area contributed by atoms with E-state index in [-0.39, 0.29) is 5.91 Å². The number of amides is 3. The van der Waals surface area contributed by atoms with Gasteiger partial charge in [-0.3, -0.25) is 19.7 Å². The lowest BCUT2D eigenvalue weighted by Crippen LogP contribution is -2.22. The van der Waals surface area contributed by atoms with Crippen LogP contribution in [0.1, 0.15) is 23.6 Å². The van der Waals surface area contributed by atoms with Crippen LogP contribution >= 0.6 is 0 Å². The predicted octanol–water partition coefficient (Wildman–Crippen LogP) is 3.33. The third-order valence-electron chi connectivity index (χ3n) is 5.84. The van der Waals surface area contributed by atoms with Gasteiger partial charge in [-0.05, 0) is 23.8 Å². The minimum absolute atomic E-state index is 0.164. The van der Waals surface area contributed by atoms with E-state index in [0.29, 0.717) is 34.6 Å². The molecule has 1 aliphatic heterocycles. The molecule has 3 amide bonds. The summed E-state index contributed by atoms with van der Waals surface area (Å²) in [6.45, 7) is 1.93. The Balaban J connectivity index is 1.71. The number of carbonyl (C=O) groups excluding carboxylic acids is 3. The average molecular weight is 442 g/mol. The van der Waals surface area contributed by atoms with Crippen LogP contribution in [0.15, 0.2) is 48.8 Å². The Morgan fingerprint density at radius 2 is 1.76 bits per heavy atom. The van der Waals surface area contributed by atoms with E-state index >= 15 is 0 Å². The number of hydrogen-bond acceptors (Lipinski definition) is 4. The van der Waals surface area contributed by atoms with Gasteiger partial charge in [0.05, 0.1) is 23.3 Å². The highest BCUT2D eigenvalue weighted by Gasteiger charge is 2.35. The molecule has 0 bridgehead atoms. The van der Waals surface area contributed by atoms with E-state index in [2.05, 4.69) is 15.6 Å². The fourth-order valence-corrected chi connectivity index (χ4v) is 4.47. The van der Waals surface area contributed by atoms with E-state index < -0.39 is 11.8 Å². The van der Waals surface area contributed by atoms with E-state index in [1.807, 2.05) is 48.1 Å². The molecule has 5 rings (SSSR count). The summed E-state index contributed by atoms with van der Waals surface area (Å²) in [7, 11) is 3.50. The van der Waals surface area contributed by atoms with Gasteiger partial charge < -0.3 is 19.6 Å². The van der Waals surface area contributed by atoms with Crippen molar-refractivity contribution in [1.29, 1.82) is 0 Å². The molecule has 1 aliphatic rings. The van der Waals surface area contributed by atoms with Gasteiger partial charge in [0.2, 0.25) is 5.91 Å². The number of imide groups is 1. The van der Waals surface area contributed by atoms with E-state index in [1.165, 1.54) is 6.92 Å². The number of nitrogens with one attached hydrogen (secondary N) is 3. The lowest BCUT2D eigenvalue weighted by Gasteiger charge is -2.05. The van der Waals surface area contributed by atoms with Crippen LogP contribution in [0.5, 0.6) is 0 Å². The molecule has 0 unspecified atom stereocenters. The molecular formula is C25H22N4O4. The van der Waals surface area contributed by atoms with Crippen LogP contribution in [0.25, 0.3) is 33.0 Å². The number of nitrogens with zero attached hydrogens (tertiary/aromatic N) is 1. The number of methoxy groups -OCH3 is 1. The highest BCUT2D eigenvalue weighted by atomic mass is 16.5. The summed E-state index contributed by atoms with van der Waals surface area (Å²) in [5.41, 5.74) is 5.35. The summed E-state index contributed by atoms with van der Waals surface area (Å²) in [5.74, 6) is -1.02. The van der Waals surface area contributed by atoms with Crippen LogP contribution in [-0.2, 0) is 32.8 Å². The Morgan fingerprint density at radius 1 is 1.03 bits per heavy atom. The van der Waals surface area contributed by atoms with Gasteiger partial charge in [0.25, 0.3) is 11.8 Å². The normalized spacial score (nSPS) is 13.9. The number of aryl methyl sites for hydroxylation is 1. The van der Waals surface area contributed by atoms with Crippen LogP contribution < -0.4 is 10.6 Å². The van der Waals surface area contributed by atoms with Gasteiger partial charge in [0.15, 0.2) is 0 Å². The Hall–Kier alpha value is -4.17. The maximum atomic E-state index is 12.9. The standard InChI is InChI=1S/C25H22N4O4/c1-13(30)27-15-5-7-17-19(11-29(2)21(17)9-15)23-22(24(31)28-25(23)32)18-10-26-20-8-14(12-33-3)4-6-16(18)20/h4-11,26H,12H2,1-3H3,(H,27,30)(H,28,31,32). The Labute approximate surface area is 189 Å². The SMILES string of the molecule is COCc1ccc2c(C3=C(c4cn(C)c5cc(NC(C)=O)ccc45)C(=O)NC3=O)c[nH]c2c1. The number of aromatic amines is 1. The smallest absolute Gasteiger partial charge is 0.259 e. The first kappa shape index (κ1) is 20.7. The first-order chi connectivity index (χ1) is 15.9. The third-order valence-corrected chi connectivity index (χ3v) is 5.84. The van der Waals surface area contributed by atoms with Crippen molar-refractivity contribution in [2.45, 2.75) is 13.5 Å². The van der Waals surface area contributed by atoms with Gasteiger partial charge in [0.1, 0.15) is 0 Å². The molecule has 33 heavy (non-hydrogen) atoms. The zero-order valence-electron chi connectivity index (χ0n) is 18.4. The minimum Gasteiger partial charge on any atom is -0.380 e. The zero-order chi connectivity index (χ0) is 23.3. The maximum Gasteiger partial charge on any atom is 0.259 e. The largest absolute Gasteiger partial charge is 0.380 e. The van der Waals surface area contributed by atoms with Crippen molar-refractivity contribution in [2.75, 3.05) is 12.4 Å². The van der Waals surface area contributed by atoms with Crippen LogP contribution in [0.2, 0.25) is 0 Å². The van der Waals surface area contributed by atoms with Crippen molar-refractivity contribution >= 4 is 56.4 Å². The summed E-state index contributed by atoms with van der Waals surface area (Å²) in [6, 6.07) is 11.3. The van der Waals surface area contributed by atoms with Crippen molar-refractivity contribution in [3.05, 3.63) is 65.5 Å². The molecule has 8 heteroatoms. The average Bonchev–Trinajstić information content (AvgIpc) is 3.40. The van der Waals surface area contributed by atoms with Crippen LogP contribution in [0.4, 0.5) is 5.69 Å². The molecule has 0 radical (unpaired) electrons. The van der Waals surface area contributed by atoms with Crippen molar-refractivity contribution in [2.24, 2.45) is 7.05 Å². The quantitative estimate of drug-likeness (QED) is 0.412. The van der Waals surface area contributed by atoms with Crippen LogP contribution in [0.3, 0.4) is 0 Å². The summed E-state index contributed by atoms with van der Waals surface area (Å²) in [4.78, 5) is 40.5. The second-order valence-corrected chi connectivity index (χ2v) is 8.12. The van der Waals surface area contributed by atoms with E-state index in [1.54, 1.807) is 19.4 Å². The molecule has 0 saturated heterocycles. The summed E-state index contributed by atoms with van der Waals surface area (Å²) < 4.78 is 7.08. The molecule has 8 nitrogen and oxygen atoms in total. The Kier molecular flexibility index (Phi) is 4.87. The minimum atomic E-state index is -0.432. The molecule has 0 atom stereocenters. The number of carbonyl (C=O) groups is 3. The van der Waals surface area contributed by atoms with Crippen molar-refractivity contribution in [1.82, 2.24) is 14.9 Å².